The Balaban J connectivity index is 1.95. The topological polar surface area (TPSA) is 55.6 Å². The van der Waals surface area contributed by atoms with E-state index < -0.39 is 12.0 Å². The fourth-order valence-corrected chi connectivity index (χ4v) is 2.04. The van der Waals surface area contributed by atoms with E-state index >= 15 is 0 Å². The second kappa shape index (κ2) is 4.92. The normalized spacial score (nSPS) is 13.6. The second-order valence-corrected chi connectivity index (χ2v) is 4.45. The Morgan fingerprint density at radius 3 is 2.83 bits per heavy atom. The highest BCUT2D eigenvalue weighted by Gasteiger charge is 2.36. The van der Waals surface area contributed by atoms with Gasteiger partial charge < -0.3 is 5.32 Å². The fraction of sp³-hybridized carbons (Fsp3) is 0.444. The molecule has 0 amide bonds. The lowest BCUT2D eigenvalue weighted by Gasteiger charge is -2.12. The Labute approximate surface area is 105 Å². The number of hydrogen-bond donors (Lipinski definition) is 1. The third kappa shape index (κ3) is 3.19. The minimum absolute atomic E-state index is 0.0982. The standard InChI is InChI=1S/C9H10F3N5S/c1-6(5-17-4-2-3-13-17)14-8-15-7(16-18-8)9(10,11)12/h2-4,6H,5H2,1H3,(H,14,15,16). The van der Waals surface area contributed by atoms with Crippen molar-refractivity contribution in [3.8, 4) is 0 Å². The van der Waals surface area contributed by atoms with E-state index in [-0.39, 0.29) is 11.2 Å². The molecule has 0 spiro atoms. The molecule has 0 saturated heterocycles. The smallest absolute Gasteiger partial charge is 0.356 e. The van der Waals surface area contributed by atoms with Gasteiger partial charge in [0, 0.05) is 30.0 Å². The third-order valence-electron chi connectivity index (χ3n) is 2.07. The Morgan fingerprint density at radius 1 is 1.50 bits per heavy atom. The van der Waals surface area contributed by atoms with Gasteiger partial charge in [-0.2, -0.15) is 27.6 Å². The van der Waals surface area contributed by atoms with Crippen LogP contribution in [0.4, 0.5) is 18.3 Å². The van der Waals surface area contributed by atoms with Gasteiger partial charge in [0.1, 0.15) is 0 Å². The van der Waals surface area contributed by atoms with Crippen LogP contribution < -0.4 is 5.32 Å². The van der Waals surface area contributed by atoms with Gasteiger partial charge in [0.15, 0.2) is 0 Å². The molecule has 2 rings (SSSR count). The van der Waals surface area contributed by atoms with Crippen LogP contribution in [0.15, 0.2) is 18.5 Å². The lowest BCUT2D eigenvalue weighted by Crippen LogP contribution is -2.22. The number of halogens is 3. The number of alkyl halides is 3. The highest BCUT2D eigenvalue weighted by molar-refractivity contribution is 7.09. The molecule has 0 aliphatic carbocycles. The summed E-state index contributed by atoms with van der Waals surface area (Å²) in [5.41, 5.74) is 0. The maximum absolute atomic E-state index is 12.3. The molecular weight excluding hydrogens is 267 g/mol. The molecule has 2 aromatic heterocycles. The quantitative estimate of drug-likeness (QED) is 0.931. The average Bonchev–Trinajstić information content (AvgIpc) is 2.87. The van der Waals surface area contributed by atoms with Gasteiger partial charge in [-0.3, -0.25) is 4.68 Å². The summed E-state index contributed by atoms with van der Waals surface area (Å²) < 4.78 is 41.8. The first-order chi connectivity index (χ1) is 8.45. The first-order valence-electron chi connectivity index (χ1n) is 5.10. The third-order valence-corrected chi connectivity index (χ3v) is 2.72. The van der Waals surface area contributed by atoms with Crippen molar-refractivity contribution >= 4 is 16.7 Å². The van der Waals surface area contributed by atoms with E-state index in [1.807, 2.05) is 6.92 Å². The number of nitrogens with zero attached hydrogens (tertiary/aromatic N) is 4. The van der Waals surface area contributed by atoms with Crippen molar-refractivity contribution in [1.29, 1.82) is 0 Å². The van der Waals surface area contributed by atoms with Crippen molar-refractivity contribution < 1.29 is 13.2 Å². The molecule has 1 unspecified atom stereocenters. The van der Waals surface area contributed by atoms with Gasteiger partial charge in [-0.15, -0.1) is 0 Å². The van der Waals surface area contributed by atoms with Crippen LogP contribution >= 0.6 is 11.5 Å². The van der Waals surface area contributed by atoms with Crippen molar-refractivity contribution in [2.45, 2.75) is 25.7 Å². The molecule has 18 heavy (non-hydrogen) atoms. The zero-order valence-electron chi connectivity index (χ0n) is 9.35. The van der Waals surface area contributed by atoms with Gasteiger partial charge in [0.05, 0.1) is 6.54 Å². The summed E-state index contributed by atoms with van der Waals surface area (Å²) in [4.78, 5) is 3.39. The summed E-state index contributed by atoms with van der Waals surface area (Å²) in [5.74, 6) is -1.11. The van der Waals surface area contributed by atoms with Crippen LogP contribution in [0.2, 0.25) is 0 Å². The van der Waals surface area contributed by atoms with Crippen LogP contribution in [0.25, 0.3) is 0 Å². The van der Waals surface area contributed by atoms with Crippen molar-refractivity contribution in [3.05, 3.63) is 24.3 Å². The van der Waals surface area contributed by atoms with Gasteiger partial charge in [-0.25, -0.2) is 0 Å². The molecule has 0 radical (unpaired) electrons. The SMILES string of the molecule is CC(Cn1cccn1)Nc1nc(C(F)(F)F)ns1. The maximum atomic E-state index is 12.3. The Morgan fingerprint density at radius 2 is 2.28 bits per heavy atom. The van der Waals surface area contributed by atoms with Crippen molar-refractivity contribution in [1.82, 2.24) is 19.1 Å². The van der Waals surface area contributed by atoms with E-state index in [2.05, 4.69) is 19.8 Å². The predicted octanol–water partition coefficient (Wildman–Crippen LogP) is 2.25. The van der Waals surface area contributed by atoms with Crippen LogP contribution in [0, 0.1) is 0 Å². The second-order valence-electron chi connectivity index (χ2n) is 3.69. The molecule has 9 heteroatoms. The molecule has 2 heterocycles. The Kier molecular flexibility index (Phi) is 3.50. The molecule has 0 aliphatic heterocycles. The number of nitrogens with one attached hydrogen (secondary N) is 1. The highest BCUT2D eigenvalue weighted by atomic mass is 32.1. The van der Waals surface area contributed by atoms with Crippen LogP contribution in [0.3, 0.4) is 0 Å². The Hall–Kier alpha value is -1.64. The monoisotopic (exact) mass is 277 g/mol. The van der Waals surface area contributed by atoms with E-state index in [0.717, 1.165) is 0 Å². The molecule has 0 fully saturated rings. The van der Waals surface area contributed by atoms with Crippen LogP contribution in [0.1, 0.15) is 12.7 Å². The molecule has 0 saturated carbocycles. The van der Waals surface area contributed by atoms with Crippen LogP contribution in [-0.2, 0) is 12.7 Å². The first-order valence-corrected chi connectivity index (χ1v) is 5.87. The zero-order valence-corrected chi connectivity index (χ0v) is 10.2. The van der Waals surface area contributed by atoms with Crippen LogP contribution in [0.5, 0.6) is 0 Å². The van der Waals surface area contributed by atoms with Crippen molar-refractivity contribution in [2.24, 2.45) is 0 Å². The van der Waals surface area contributed by atoms with E-state index in [9.17, 15) is 13.2 Å². The lowest BCUT2D eigenvalue weighted by molar-refractivity contribution is -0.144. The van der Waals surface area contributed by atoms with Gasteiger partial charge in [0.25, 0.3) is 0 Å². The summed E-state index contributed by atoms with van der Waals surface area (Å²) in [5, 5.41) is 7.02. The molecule has 98 valence electrons. The molecule has 5 nitrogen and oxygen atoms in total. The van der Waals surface area contributed by atoms with E-state index in [1.165, 1.54) is 0 Å². The fourth-order valence-electron chi connectivity index (χ4n) is 1.34. The van der Waals surface area contributed by atoms with Crippen LogP contribution in [-0.4, -0.2) is 25.2 Å². The van der Waals surface area contributed by atoms with E-state index in [1.54, 1.807) is 23.1 Å². The number of aromatic nitrogens is 4. The molecule has 2 aromatic rings. The Bertz CT molecular complexity index is 493. The summed E-state index contributed by atoms with van der Waals surface area (Å²) in [6.07, 6.45) is -1.08. The molecule has 0 aliphatic rings. The number of anilines is 1. The minimum atomic E-state index is -4.50. The summed E-state index contributed by atoms with van der Waals surface area (Å²) in [7, 11) is 0. The number of hydrogen-bond acceptors (Lipinski definition) is 5. The van der Waals surface area contributed by atoms with Gasteiger partial charge in [-0.05, 0) is 13.0 Å². The molecule has 1 N–H and O–H groups in total. The number of rotatable bonds is 4. The highest BCUT2D eigenvalue weighted by Crippen LogP contribution is 2.29. The summed E-state index contributed by atoms with van der Waals surface area (Å²) in [6, 6.07) is 1.68. The molecule has 1 atom stereocenters. The minimum Gasteiger partial charge on any atom is -0.356 e. The van der Waals surface area contributed by atoms with Crippen molar-refractivity contribution in [3.63, 3.8) is 0 Å². The average molecular weight is 277 g/mol. The lowest BCUT2D eigenvalue weighted by atomic mass is 10.3. The first kappa shape index (κ1) is 12.8. The molecule has 0 bridgehead atoms. The molecule has 0 aromatic carbocycles. The van der Waals surface area contributed by atoms with Gasteiger partial charge >= 0.3 is 6.18 Å². The maximum Gasteiger partial charge on any atom is 0.452 e. The van der Waals surface area contributed by atoms with E-state index in [4.69, 9.17) is 0 Å². The molecular formula is C9H10F3N5S. The zero-order chi connectivity index (χ0) is 13.2. The summed E-state index contributed by atoms with van der Waals surface area (Å²) in [6.45, 7) is 2.37. The van der Waals surface area contributed by atoms with Gasteiger partial charge in [0.2, 0.25) is 11.0 Å². The largest absolute Gasteiger partial charge is 0.452 e. The van der Waals surface area contributed by atoms with Gasteiger partial charge in [-0.1, -0.05) is 0 Å². The predicted molar refractivity (Wildman–Crippen MR) is 60.2 cm³/mol. The summed E-state index contributed by atoms with van der Waals surface area (Å²) >= 11 is 0.695. The van der Waals surface area contributed by atoms with E-state index in [0.29, 0.717) is 18.1 Å². The van der Waals surface area contributed by atoms with Crippen molar-refractivity contribution in [2.75, 3.05) is 5.32 Å².